The quantitative estimate of drug-likeness (QED) is 0.272. The van der Waals surface area contributed by atoms with Crippen molar-refractivity contribution in [1.82, 2.24) is 14.5 Å². The van der Waals surface area contributed by atoms with Gasteiger partial charge in [-0.15, -0.1) is 21.5 Å². The predicted molar refractivity (Wildman–Crippen MR) is 116 cm³/mol. The molecule has 0 N–H and O–H groups in total. The van der Waals surface area contributed by atoms with Gasteiger partial charge in [0.1, 0.15) is 9.77 Å². The molecule has 32 heavy (non-hydrogen) atoms. The van der Waals surface area contributed by atoms with Gasteiger partial charge in [-0.1, -0.05) is 0 Å². The van der Waals surface area contributed by atoms with Crippen LogP contribution in [-0.4, -0.2) is 58.4 Å². The van der Waals surface area contributed by atoms with E-state index in [1.807, 2.05) is 0 Å². The first-order valence-corrected chi connectivity index (χ1v) is 12.7. The third-order valence-electron chi connectivity index (χ3n) is 4.52. The average Bonchev–Trinajstić information content (AvgIpc) is 3.48. The maximum atomic E-state index is 12.9. The lowest BCUT2D eigenvalue weighted by Gasteiger charge is -2.25. The number of esters is 1. The highest BCUT2D eigenvalue weighted by Gasteiger charge is 2.31. The molecule has 1 saturated heterocycles. The Morgan fingerprint density at radius 1 is 1.19 bits per heavy atom. The highest BCUT2D eigenvalue weighted by molar-refractivity contribution is 7.99. The van der Waals surface area contributed by atoms with Crippen molar-refractivity contribution < 1.29 is 27.3 Å². The molecule has 11 nitrogen and oxygen atoms in total. The highest BCUT2D eigenvalue weighted by atomic mass is 32.2. The van der Waals surface area contributed by atoms with Gasteiger partial charge in [0.05, 0.1) is 4.92 Å². The summed E-state index contributed by atoms with van der Waals surface area (Å²) in [6.45, 7) is 0.437. The molecule has 1 aliphatic rings. The lowest BCUT2D eigenvalue weighted by Crippen LogP contribution is -2.38. The maximum Gasteiger partial charge on any atom is 0.350 e. The van der Waals surface area contributed by atoms with Crippen LogP contribution in [0.25, 0.3) is 11.5 Å². The standard InChI is InChI=1S/C18H16N4O7S3/c23-18(16-14(5-8-31-16)32(26,27)21-6-9-30-10-7-21)28-11-15-19-20-17(29-15)12-1-3-13(4-2-12)22(24)25/h1-5,8H,6-7,9-11H2. The van der Waals surface area contributed by atoms with E-state index in [1.165, 1.54) is 40.0 Å². The van der Waals surface area contributed by atoms with Gasteiger partial charge in [0.15, 0.2) is 6.61 Å². The van der Waals surface area contributed by atoms with Crippen LogP contribution in [0.4, 0.5) is 5.69 Å². The fraction of sp³-hybridized carbons (Fsp3) is 0.278. The molecule has 0 saturated carbocycles. The summed E-state index contributed by atoms with van der Waals surface area (Å²) >= 11 is 2.66. The molecule has 0 radical (unpaired) electrons. The van der Waals surface area contributed by atoms with Gasteiger partial charge in [-0.05, 0) is 23.6 Å². The van der Waals surface area contributed by atoms with E-state index < -0.39 is 20.9 Å². The van der Waals surface area contributed by atoms with E-state index in [1.54, 1.807) is 11.8 Å². The maximum absolute atomic E-state index is 12.9. The number of thiophene rings is 1. The number of ether oxygens (including phenoxy) is 1. The van der Waals surface area contributed by atoms with E-state index in [4.69, 9.17) is 9.15 Å². The summed E-state index contributed by atoms with van der Waals surface area (Å²) in [6.07, 6.45) is 0. The molecule has 14 heteroatoms. The molecule has 4 rings (SSSR count). The van der Waals surface area contributed by atoms with Crippen LogP contribution in [0.1, 0.15) is 15.6 Å². The number of hydrogen-bond acceptors (Lipinski definition) is 11. The van der Waals surface area contributed by atoms with Crippen molar-refractivity contribution in [3.8, 4) is 11.5 Å². The van der Waals surface area contributed by atoms with Crippen molar-refractivity contribution >= 4 is 44.8 Å². The minimum Gasteiger partial charge on any atom is -0.451 e. The molecular formula is C18H16N4O7S3. The molecule has 0 amide bonds. The zero-order chi connectivity index (χ0) is 22.7. The van der Waals surface area contributed by atoms with Crippen molar-refractivity contribution in [3.05, 3.63) is 56.6 Å². The van der Waals surface area contributed by atoms with E-state index in [0.29, 0.717) is 30.2 Å². The largest absolute Gasteiger partial charge is 0.451 e. The smallest absolute Gasteiger partial charge is 0.350 e. The Morgan fingerprint density at radius 2 is 1.91 bits per heavy atom. The summed E-state index contributed by atoms with van der Waals surface area (Å²) in [5.41, 5.74) is 0.388. The molecule has 168 valence electrons. The number of carbonyl (C=O) groups excluding carboxylic acids is 1. The number of thioether (sulfide) groups is 1. The number of aromatic nitrogens is 2. The van der Waals surface area contributed by atoms with Crippen LogP contribution < -0.4 is 0 Å². The average molecular weight is 497 g/mol. The van der Waals surface area contributed by atoms with Crippen LogP contribution >= 0.6 is 23.1 Å². The Kier molecular flexibility index (Phi) is 6.55. The topological polar surface area (TPSA) is 146 Å². The van der Waals surface area contributed by atoms with Gasteiger partial charge in [-0.3, -0.25) is 10.1 Å². The zero-order valence-electron chi connectivity index (χ0n) is 16.4. The fourth-order valence-electron chi connectivity index (χ4n) is 2.92. The second kappa shape index (κ2) is 9.36. The van der Waals surface area contributed by atoms with E-state index in [2.05, 4.69) is 10.2 Å². The summed E-state index contributed by atoms with van der Waals surface area (Å²) in [7, 11) is -3.79. The van der Waals surface area contributed by atoms with Gasteiger partial charge in [-0.2, -0.15) is 16.1 Å². The molecule has 0 spiro atoms. The van der Waals surface area contributed by atoms with Crippen LogP contribution in [0, 0.1) is 10.1 Å². The van der Waals surface area contributed by atoms with Crippen LogP contribution in [-0.2, 0) is 21.4 Å². The number of benzene rings is 1. The first-order chi connectivity index (χ1) is 15.4. The number of sulfonamides is 1. The molecule has 2 aromatic heterocycles. The van der Waals surface area contributed by atoms with E-state index in [9.17, 15) is 23.3 Å². The number of nitro benzene ring substituents is 1. The van der Waals surface area contributed by atoms with Crippen molar-refractivity contribution in [2.45, 2.75) is 11.5 Å². The lowest BCUT2D eigenvalue weighted by atomic mass is 10.2. The molecule has 1 fully saturated rings. The summed E-state index contributed by atoms with van der Waals surface area (Å²) in [6, 6.07) is 6.93. The third kappa shape index (κ3) is 4.67. The number of hydrogen-bond donors (Lipinski definition) is 0. The molecule has 0 unspecified atom stereocenters. The molecule has 0 atom stereocenters. The lowest BCUT2D eigenvalue weighted by molar-refractivity contribution is -0.384. The Balaban J connectivity index is 1.43. The van der Waals surface area contributed by atoms with Crippen molar-refractivity contribution in [2.75, 3.05) is 24.6 Å². The summed E-state index contributed by atoms with van der Waals surface area (Å²) < 4.78 is 37.8. The molecule has 1 aliphatic heterocycles. The number of nitrogens with zero attached hydrogens (tertiary/aromatic N) is 4. The first kappa shape index (κ1) is 22.4. The molecule has 3 aromatic rings. The first-order valence-electron chi connectivity index (χ1n) is 9.26. The Bertz CT molecular complexity index is 1230. The monoisotopic (exact) mass is 496 g/mol. The Hall–Kier alpha value is -2.81. The second-order valence-electron chi connectivity index (χ2n) is 6.51. The van der Waals surface area contributed by atoms with Gasteiger partial charge in [0, 0.05) is 42.3 Å². The van der Waals surface area contributed by atoms with E-state index >= 15 is 0 Å². The number of non-ortho nitro benzene ring substituents is 1. The van der Waals surface area contributed by atoms with Gasteiger partial charge in [-0.25, -0.2) is 13.2 Å². The van der Waals surface area contributed by atoms with Gasteiger partial charge < -0.3 is 9.15 Å². The Morgan fingerprint density at radius 3 is 2.59 bits per heavy atom. The zero-order valence-corrected chi connectivity index (χ0v) is 18.8. The van der Waals surface area contributed by atoms with Gasteiger partial charge in [0.25, 0.3) is 11.6 Å². The van der Waals surface area contributed by atoms with Crippen LogP contribution in [0.5, 0.6) is 0 Å². The summed E-state index contributed by atoms with van der Waals surface area (Å²) in [5.74, 6) is 0.712. The number of carbonyl (C=O) groups is 1. The van der Waals surface area contributed by atoms with Crippen LogP contribution in [0.3, 0.4) is 0 Å². The third-order valence-corrected chi connectivity index (χ3v) is 8.43. The van der Waals surface area contributed by atoms with E-state index in [0.717, 1.165) is 11.3 Å². The fourth-order valence-corrected chi connectivity index (χ4v) is 6.78. The molecule has 0 bridgehead atoms. The van der Waals surface area contributed by atoms with Crippen LogP contribution in [0.15, 0.2) is 45.0 Å². The van der Waals surface area contributed by atoms with Crippen molar-refractivity contribution in [2.24, 2.45) is 0 Å². The van der Waals surface area contributed by atoms with Crippen molar-refractivity contribution in [1.29, 1.82) is 0 Å². The van der Waals surface area contributed by atoms with Crippen LogP contribution in [0.2, 0.25) is 0 Å². The predicted octanol–water partition coefficient (Wildman–Crippen LogP) is 2.80. The molecular weight excluding hydrogens is 480 g/mol. The summed E-state index contributed by atoms with van der Waals surface area (Å²) in [5, 5.41) is 19.9. The molecule has 3 heterocycles. The highest BCUT2D eigenvalue weighted by Crippen LogP contribution is 2.28. The molecule has 0 aliphatic carbocycles. The van der Waals surface area contributed by atoms with Gasteiger partial charge >= 0.3 is 5.97 Å². The second-order valence-corrected chi connectivity index (χ2v) is 10.6. The Labute approximate surface area is 190 Å². The minimum atomic E-state index is -3.79. The number of rotatable bonds is 7. The summed E-state index contributed by atoms with van der Waals surface area (Å²) in [4.78, 5) is 22.7. The number of nitro groups is 1. The SMILES string of the molecule is O=C(OCc1nnc(-c2ccc([N+](=O)[O-])cc2)o1)c1sccc1S(=O)(=O)N1CCSCC1. The molecule has 1 aromatic carbocycles. The van der Waals surface area contributed by atoms with Gasteiger partial charge in [0.2, 0.25) is 15.9 Å². The minimum absolute atomic E-state index is 0.000668. The van der Waals surface area contributed by atoms with Crippen molar-refractivity contribution in [3.63, 3.8) is 0 Å². The van der Waals surface area contributed by atoms with E-state index in [-0.39, 0.29) is 33.8 Å². The normalized spacial score (nSPS) is 14.9.